The topological polar surface area (TPSA) is 18.5 Å². The Morgan fingerprint density at radius 1 is 0.792 bits per heavy atom. The van der Waals surface area contributed by atoms with Gasteiger partial charge >= 0.3 is 0 Å². The zero-order valence-electron chi connectivity index (χ0n) is 16.7. The summed E-state index contributed by atoms with van der Waals surface area (Å²) < 4.78 is 12.7. The molecule has 0 N–H and O–H groups in total. The van der Waals surface area contributed by atoms with Gasteiger partial charge in [-0.05, 0) is 12.8 Å². The van der Waals surface area contributed by atoms with E-state index in [-0.39, 0.29) is 29.4 Å². The van der Waals surface area contributed by atoms with Gasteiger partial charge in [0.15, 0.2) is 6.29 Å². The number of halogens is 1. The highest BCUT2D eigenvalue weighted by molar-refractivity contribution is 4.65. The summed E-state index contributed by atoms with van der Waals surface area (Å²) in [6.07, 6.45) is 16.7. The lowest BCUT2D eigenvalue weighted by atomic mass is 10.1. The Balaban J connectivity index is 0.00000529. The van der Waals surface area contributed by atoms with Crippen molar-refractivity contribution in [1.82, 2.24) is 0 Å². The lowest BCUT2D eigenvalue weighted by Crippen LogP contribution is -3.00. The highest BCUT2D eigenvalue weighted by Crippen LogP contribution is 2.19. The third-order valence-corrected chi connectivity index (χ3v) is 4.61. The molecule has 2 atom stereocenters. The number of quaternary nitrogens is 1. The SMILES string of the molecule is CCCCCCCCCCCCCC1OCC(C[N+](C)(C)C)O1.[Br-]. The molecule has 0 aromatic carbocycles. The molecule has 4 heteroatoms. The number of likely N-dealkylation sites (N-methyl/N-ethyl adjacent to an activating group) is 1. The Morgan fingerprint density at radius 3 is 1.79 bits per heavy atom. The summed E-state index contributed by atoms with van der Waals surface area (Å²) in [6, 6.07) is 0. The second-order valence-electron chi connectivity index (χ2n) is 8.32. The molecule has 24 heavy (non-hydrogen) atoms. The monoisotopic (exact) mass is 407 g/mol. The van der Waals surface area contributed by atoms with Gasteiger partial charge in [-0.1, -0.05) is 71.1 Å². The Bertz CT molecular complexity index is 281. The van der Waals surface area contributed by atoms with Crippen LogP contribution >= 0.6 is 0 Å². The van der Waals surface area contributed by atoms with Crippen molar-refractivity contribution in [2.75, 3.05) is 34.3 Å². The Labute approximate surface area is 161 Å². The van der Waals surface area contributed by atoms with Crippen molar-refractivity contribution in [1.29, 1.82) is 0 Å². The molecule has 0 bridgehead atoms. The minimum Gasteiger partial charge on any atom is -1.00 e. The van der Waals surface area contributed by atoms with E-state index < -0.39 is 0 Å². The molecule has 0 amide bonds. The van der Waals surface area contributed by atoms with Gasteiger partial charge in [-0.3, -0.25) is 0 Å². The Morgan fingerprint density at radius 2 is 1.29 bits per heavy atom. The van der Waals surface area contributed by atoms with Crippen LogP contribution < -0.4 is 17.0 Å². The van der Waals surface area contributed by atoms with Gasteiger partial charge in [0.2, 0.25) is 0 Å². The molecule has 1 fully saturated rings. The van der Waals surface area contributed by atoms with E-state index in [0.29, 0.717) is 0 Å². The number of nitrogens with zero attached hydrogens (tertiary/aromatic N) is 1. The van der Waals surface area contributed by atoms with Gasteiger partial charge in [-0.2, -0.15) is 0 Å². The van der Waals surface area contributed by atoms with Gasteiger partial charge in [0.25, 0.3) is 0 Å². The molecular weight excluding hydrogens is 366 g/mol. The van der Waals surface area contributed by atoms with E-state index in [0.717, 1.165) is 24.1 Å². The summed E-state index contributed by atoms with van der Waals surface area (Å²) in [4.78, 5) is 0. The van der Waals surface area contributed by atoms with Gasteiger partial charge < -0.3 is 30.9 Å². The first kappa shape index (κ1) is 24.4. The smallest absolute Gasteiger partial charge is 0.158 e. The fourth-order valence-corrected chi connectivity index (χ4v) is 3.34. The van der Waals surface area contributed by atoms with Crippen molar-refractivity contribution in [3.63, 3.8) is 0 Å². The summed E-state index contributed by atoms with van der Waals surface area (Å²) in [5, 5.41) is 0. The summed E-state index contributed by atoms with van der Waals surface area (Å²) in [7, 11) is 6.63. The van der Waals surface area contributed by atoms with E-state index in [1.807, 2.05) is 0 Å². The third kappa shape index (κ3) is 13.6. The van der Waals surface area contributed by atoms with Crippen molar-refractivity contribution < 1.29 is 30.9 Å². The molecule has 0 spiro atoms. The highest BCUT2D eigenvalue weighted by Gasteiger charge is 2.29. The van der Waals surface area contributed by atoms with E-state index in [2.05, 4.69) is 28.1 Å². The van der Waals surface area contributed by atoms with E-state index in [1.54, 1.807) is 0 Å². The van der Waals surface area contributed by atoms with Crippen LogP contribution in [0, 0.1) is 0 Å². The van der Waals surface area contributed by atoms with Crippen LogP contribution in [0.2, 0.25) is 0 Å². The zero-order valence-corrected chi connectivity index (χ0v) is 18.3. The van der Waals surface area contributed by atoms with Crippen LogP contribution in [0.1, 0.15) is 84.0 Å². The first-order valence-corrected chi connectivity index (χ1v) is 10.1. The summed E-state index contributed by atoms with van der Waals surface area (Å²) >= 11 is 0. The summed E-state index contributed by atoms with van der Waals surface area (Å²) in [6.45, 7) is 4.10. The van der Waals surface area contributed by atoms with Crippen LogP contribution in [-0.4, -0.2) is 51.2 Å². The minimum absolute atomic E-state index is 0. The third-order valence-electron chi connectivity index (χ3n) is 4.61. The molecule has 3 nitrogen and oxygen atoms in total. The molecule has 0 aromatic heterocycles. The molecule has 0 radical (unpaired) electrons. The van der Waals surface area contributed by atoms with E-state index in [9.17, 15) is 0 Å². The largest absolute Gasteiger partial charge is 1.00 e. The molecule has 0 saturated carbocycles. The van der Waals surface area contributed by atoms with Crippen molar-refractivity contribution >= 4 is 0 Å². The van der Waals surface area contributed by atoms with Crippen LogP contribution in [0.4, 0.5) is 0 Å². The molecule has 1 aliphatic rings. The zero-order chi connectivity index (χ0) is 17.0. The molecule has 1 rings (SSSR count). The molecule has 1 saturated heterocycles. The van der Waals surface area contributed by atoms with Crippen molar-refractivity contribution in [3.05, 3.63) is 0 Å². The van der Waals surface area contributed by atoms with Gasteiger partial charge in [0.1, 0.15) is 12.6 Å². The van der Waals surface area contributed by atoms with Crippen LogP contribution in [0.15, 0.2) is 0 Å². The number of hydrogen-bond donors (Lipinski definition) is 0. The normalized spacial score (nSPS) is 21.0. The maximum Gasteiger partial charge on any atom is 0.158 e. The Kier molecular flexibility index (Phi) is 14.7. The lowest BCUT2D eigenvalue weighted by Gasteiger charge is -2.26. The van der Waals surface area contributed by atoms with Gasteiger partial charge in [0, 0.05) is 0 Å². The van der Waals surface area contributed by atoms with Crippen LogP contribution in [0.25, 0.3) is 0 Å². The van der Waals surface area contributed by atoms with E-state index in [4.69, 9.17) is 9.47 Å². The van der Waals surface area contributed by atoms with Gasteiger partial charge in [-0.15, -0.1) is 0 Å². The fraction of sp³-hybridized carbons (Fsp3) is 1.00. The average Bonchev–Trinajstić information content (AvgIpc) is 2.90. The quantitative estimate of drug-likeness (QED) is 0.324. The number of ether oxygens (including phenoxy) is 2. The standard InChI is InChI=1S/C20H42NO2.BrH/c1-5-6-7-8-9-10-11-12-13-14-15-16-20-22-18-19(23-20)17-21(2,3)4;/h19-20H,5-18H2,1-4H3;1H/q+1;/p-1. The molecule has 0 aliphatic carbocycles. The van der Waals surface area contributed by atoms with Crippen LogP contribution in [-0.2, 0) is 9.47 Å². The maximum absolute atomic E-state index is 5.99. The maximum atomic E-state index is 5.99. The highest BCUT2D eigenvalue weighted by atomic mass is 79.9. The molecule has 0 aromatic rings. The minimum atomic E-state index is 0. The predicted molar refractivity (Wildman–Crippen MR) is 98.6 cm³/mol. The molecule has 146 valence electrons. The van der Waals surface area contributed by atoms with Crippen molar-refractivity contribution in [2.45, 2.75) is 96.4 Å². The number of hydrogen-bond acceptors (Lipinski definition) is 2. The molecule has 1 heterocycles. The van der Waals surface area contributed by atoms with Crippen LogP contribution in [0.3, 0.4) is 0 Å². The Hall–Kier alpha value is 0.360. The van der Waals surface area contributed by atoms with Gasteiger partial charge in [0.05, 0.1) is 27.7 Å². The average molecular weight is 408 g/mol. The van der Waals surface area contributed by atoms with Gasteiger partial charge in [-0.25, -0.2) is 0 Å². The van der Waals surface area contributed by atoms with Crippen molar-refractivity contribution in [2.24, 2.45) is 0 Å². The predicted octanol–water partition coefficient (Wildman–Crippen LogP) is 2.14. The van der Waals surface area contributed by atoms with E-state index >= 15 is 0 Å². The second-order valence-corrected chi connectivity index (χ2v) is 8.32. The molecular formula is C20H42BrNO2. The summed E-state index contributed by atoms with van der Waals surface area (Å²) in [5.74, 6) is 0. The number of unbranched alkanes of at least 4 members (excludes halogenated alkanes) is 10. The van der Waals surface area contributed by atoms with Crippen LogP contribution in [0.5, 0.6) is 0 Å². The lowest BCUT2D eigenvalue weighted by molar-refractivity contribution is -0.873. The van der Waals surface area contributed by atoms with Crippen molar-refractivity contribution in [3.8, 4) is 0 Å². The summed E-state index contributed by atoms with van der Waals surface area (Å²) in [5.41, 5.74) is 0. The van der Waals surface area contributed by atoms with E-state index in [1.165, 1.54) is 70.6 Å². The fourth-order valence-electron chi connectivity index (χ4n) is 3.34. The molecule has 2 unspecified atom stereocenters. The first-order chi connectivity index (χ1) is 11.0. The first-order valence-electron chi connectivity index (χ1n) is 10.1. The second kappa shape index (κ2) is 14.5. The molecule has 1 aliphatic heterocycles. The number of rotatable bonds is 14.